The lowest BCUT2D eigenvalue weighted by molar-refractivity contribution is 0.616. The fraction of sp³-hybridized carbons (Fsp3) is 0.0312. The number of furan rings is 1. The summed E-state index contributed by atoms with van der Waals surface area (Å²) in [5, 5.41) is 1.11. The molecule has 13 rings (SSSR count). The lowest BCUT2D eigenvalue weighted by Crippen LogP contribution is -2.28. The quantitative estimate of drug-likeness (QED) is 0.152. The van der Waals surface area contributed by atoms with Crippen molar-refractivity contribution in [3.05, 3.63) is 306 Å². The Morgan fingerprint density at radius 2 is 0.697 bits per heavy atom. The fourth-order valence-electron chi connectivity index (χ4n) is 11.8. The van der Waals surface area contributed by atoms with Crippen LogP contribution in [0.1, 0.15) is 44.5 Å². The molecule has 0 unspecified atom stereocenters. The minimum absolute atomic E-state index is 0.551. The first-order valence-corrected chi connectivity index (χ1v) is 22.8. The van der Waals surface area contributed by atoms with Gasteiger partial charge in [0.1, 0.15) is 5.58 Å². The maximum Gasteiger partial charge on any atom is 0.134 e. The molecule has 0 amide bonds. The molecular weight excluding hydrogens is 799 g/mol. The van der Waals surface area contributed by atoms with Crippen LogP contribution < -0.4 is 4.90 Å². The van der Waals surface area contributed by atoms with E-state index in [0.29, 0.717) is 0 Å². The van der Waals surface area contributed by atoms with Crippen LogP contribution in [0.4, 0.5) is 17.1 Å². The molecule has 0 radical (unpaired) electrons. The first-order valence-electron chi connectivity index (χ1n) is 22.8. The SMILES string of the molecule is c1ccc(C2(c3ccccc3)c3ccccc3-c3c(N(c4ccc(-c5cccc6occc56)cc4)c4cccc5c4-c4ccccc4C5(c4ccccc4)c4ccccc4)cccc32)cc1. The summed E-state index contributed by atoms with van der Waals surface area (Å²) in [5.41, 5.74) is 20.4. The van der Waals surface area contributed by atoms with Gasteiger partial charge in [0.05, 0.1) is 28.5 Å². The molecule has 0 spiro atoms. The summed E-state index contributed by atoms with van der Waals surface area (Å²) in [4.78, 5) is 2.55. The van der Waals surface area contributed by atoms with Crippen LogP contribution in [0.15, 0.2) is 265 Å². The van der Waals surface area contributed by atoms with E-state index < -0.39 is 10.8 Å². The standard InChI is InChI=1S/C64H43NO/c1-5-20-45(21-6-1)63(46-22-7-2-8-23-46)54-31-15-13-28-52(54)61-56(63)33-18-35-58(61)65(49-40-38-44(39-41-49)50-30-17-37-60-51(50)42-43-66-60)59-36-19-34-57-62(59)53-29-14-16-32-55(53)64(57,47-24-9-3-10-25-47)48-26-11-4-12-27-48/h1-43H. The minimum atomic E-state index is -0.551. The minimum Gasteiger partial charge on any atom is -0.464 e. The highest BCUT2D eigenvalue weighted by Crippen LogP contribution is 2.63. The van der Waals surface area contributed by atoms with Crippen molar-refractivity contribution in [3.8, 4) is 33.4 Å². The van der Waals surface area contributed by atoms with Crippen molar-refractivity contribution < 1.29 is 4.42 Å². The van der Waals surface area contributed by atoms with E-state index in [2.05, 4.69) is 254 Å². The molecule has 2 nitrogen and oxygen atoms in total. The molecule has 11 aromatic rings. The molecule has 0 fully saturated rings. The first kappa shape index (κ1) is 38.0. The van der Waals surface area contributed by atoms with Crippen LogP contribution in [0.5, 0.6) is 0 Å². The number of hydrogen-bond acceptors (Lipinski definition) is 2. The Kier molecular flexibility index (Phi) is 8.69. The lowest BCUT2D eigenvalue weighted by Gasteiger charge is -2.35. The Morgan fingerprint density at radius 3 is 1.17 bits per heavy atom. The normalized spacial score (nSPS) is 13.7. The van der Waals surface area contributed by atoms with E-state index in [1.54, 1.807) is 6.26 Å². The van der Waals surface area contributed by atoms with E-state index in [4.69, 9.17) is 4.42 Å². The largest absolute Gasteiger partial charge is 0.464 e. The van der Waals surface area contributed by atoms with Crippen LogP contribution >= 0.6 is 0 Å². The first-order chi connectivity index (χ1) is 32.8. The molecule has 0 bridgehead atoms. The zero-order chi connectivity index (χ0) is 43.7. The Balaban J connectivity index is 1.13. The van der Waals surface area contributed by atoms with E-state index in [9.17, 15) is 0 Å². The summed E-state index contributed by atoms with van der Waals surface area (Å²) in [6, 6.07) is 94.0. The van der Waals surface area contributed by atoms with Crippen LogP contribution in [0.2, 0.25) is 0 Å². The molecule has 0 aliphatic heterocycles. The Labute approximate surface area is 385 Å². The van der Waals surface area contributed by atoms with Gasteiger partial charge in [0.2, 0.25) is 0 Å². The van der Waals surface area contributed by atoms with E-state index in [1.807, 2.05) is 6.07 Å². The van der Waals surface area contributed by atoms with Gasteiger partial charge in [-0.3, -0.25) is 0 Å². The van der Waals surface area contributed by atoms with Crippen LogP contribution in [0.3, 0.4) is 0 Å². The lowest BCUT2D eigenvalue weighted by atomic mass is 9.67. The second-order valence-electron chi connectivity index (χ2n) is 17.5. The van der Waals surface area contributed by atoms with Gasteiger partial charge in [0.15, 0.2) is 0 Å². The number of hydrogen-bond donors (Lipinski definition) is 0. The molecule has 0 saturated heterocycles. The van der Waals surface area contributed by atoms with Crippen LogP contribution in [0, 0.1) is 0 Å². The van der Waals surface area contributed by atoms with Crippen molar-refractivity contribution in [1.29, 1.82) is 0 Å². The van der Waals surface area contributed by atoms with Crippen LogP contribution in [0.25, 0.3) is 44.3 Å². The Morgan fingerprint density at radius 1 is 0.303 bits per heavy atom. The highest BCUT2D eigenvalue weighted by Gasteiger charge is 2.49. The number of benzene rings is 10. The molecule has 2 heteroatoms. The molecule has 0 N–H and O–H groups in total. The summed E-state index contributed by atoms with van der Waals surface area (Å²) in [7, 11) is 0. The zero-order valence-corrected chi connectivity index (χ0v) is 36.2. The second kappa shape index (κ2) is 15.1. The molecule has 2 aliphatic carbocycles. The summed E-state index contributed by atoms with van der Waals surface area (Å²) in [6.45, 7) is 0. The third-order valence-corrected chi connectivity index (χ3v) is 14.3. The van der Waals surface area contributed by atoms with Gasteiger partial charge < -0.3 is 9.32 Å². The summed E-state index contributed by atoms with van der Waals surface area (Å²) < 4.78 is 5.85. The van der Waals surface area contributed by atoms with Crippen molar-refractivity contribution in [1.82, 2.24) is 0 Å². The molecular formula is C64H43NO. The topological polar surface area (TPSA) is 16.4 Å². The maximum absolute atomic E-state index is 5.85. The molecule has 1 heterocycles. The number of fused-ring (bicyclic) bond motifs is 7. The van der Waals surface area contributed by atoms with E-state index in [-0.39, 0.29) is 0 Å². The molecule has 0 saturated carbocycles. The third-order valence-electron chi connectivity index (χ3n) is 14.3. The fourth-order valence-corrected chi connectivity index (χ4v) is 11.8. The average Bonchev–Trinajstić information content (AvgIpc) is 4.09. The van der Waals surface area contributed by atoms with Gasteiger partial charge in [-0.05, 0) is 103 Å². The number of anilines is 3. The van der Waals surface area contributed by atoms with E-state index >= 15 is 0 Å². The highest BCUT2D eigenvalue weighted by atomic mass is 16.3. The van der Waals surface area contributed by atoms with Crippen molar-refractivity contribution in [2.24, 2.45) is 0 Å². The van der Waals surface area contributed by atoms with Gasteiger partial charge in [-0.25, -0.2) is 0 Å². The van der Waals surface area contributed by atoms with E-state index in [0.717, 1.165) is 39.2 Å². The Bertz CT molecular complexity index is 3310. The second-order valence-corrected chi connectivity index (χ2v) is 17.5. The summed E-state index contributed by atoms with van der Waals surface area (Å²) >= 11 is 0. The number of nitrogens with zero attached hydrogens (tertiary/aromatic N) is 1. The van der Waals surface area contributed by atoms with Crippen molar-refractivity contribution in [2.45, 2.75) is 10.8 Å². The van der Waals surface area contributed by atoms with Gasteiger partial charge in [0.25, 0.3) is 0 Å². The molecule has 1 aromatic heterocycles. The third kappa shape index (κ3) is 5.36. The molecule has 10 aromatic carbocycles. The Hall–Kier alpha value is -8.46. The zero-order valence-electron chi connectivity index (χ0n) is 36.2. The average molecular weight is 842 g/mol. The molecule has 0 atom stereocenters. The van der Waals surface area contributed by atoms with Gasteiger partial charge in [-0.2, -0.15) is 0 Å². The summed E-state index contributed by atoms with van der Waals surface area (Å²) in [6.07, 6.45) is 1.78. The predicted octanol–water partition coefficient (Wildman–Crippen LogP) is 16.3. The molecule has 2 aliphatic rings. The predicted molar refractivity (Wildman–Crippen MR) is 271 cm³/mol. The van der Waals surface area contributed by atoms with Crippen molar-refractivity contribution >= 4 is 28.0 Å². The van der Waals surface area contributed by atoms with Gasteiger partial charge >= 0.3 is 0 Å². The van der Waals surface area contributed by atoms with Gasteiger partial charge in [-0.15, -0.1) is 0 Å². The molecule has 310 valence electrons. The van der Waals surface area contributed by atoms with Crippen LogP contribution in [-0.4, -0.2) is 0 Å². The van der Waals surface area contributed by atoms with Crippen molar-refractivity contribution in [3.63, 3.8) is 0 Å². The van der Waals surface area contributed by atoms with Crippen LogP contribution in [-0.2, 0) is 10.8 Å². The smallest absolute Gasteiger partial charge is 0.134 e. The molecule has 66 heavy (non-hydrogen) atoms. The van der Waals surface area contributed by atoms with E-state index in [1.165, 1.54) is 66.8 Å². The monoisotopic (exact) mass is 841 g/mol. The maximum atomic E-state index is 5.85. The summed E-state index contributed by atoms with van der Waals surface area (Å²) in [5.74, 6) is 0. The highest BCUT2D eigenvalue weighted by molar-refractivity contribution is 6.03. The van der Waals surface area contributed by atoms with Crippen molar-refractivity contribution in [2.75, 3.05) is 4.90 Å². The van der Waals surface area contributed by atoms with Gasteiger partial charge in [0, 0.05) is 22.2 Å². The number of rotatable bonds is 8. The van der Waals surface area contributed by atoms with Gasteiger partial charge in [-0.1, -0.05) is 218 Å².